The number of sulfonamides is 1. The van der Waals surface area contributed by atoms with Crippen LogP contribution < -0.4 is 10.5 Å². The Kier molecular flexibility index (Phi) is 6.63. The number of hydrogen-bond acceptors (Lipinski definition) is 5. The maximum absolute atomic E-state index is 12.4. The normalized spacial score (nSPS) is 15.1. The zero-order valence-corrected chi connectivity index (χ0v) is 16.8. The van der Waals surface area contributed by atoms with Gasteiger partial charge in [0.2, 0.25) is 10.0 Å². The number of nitrogens with two attached hydrogens (primary N) is 1. The van der Waals surface area contributed by atoms with Gasteiger partial charge in [0.15, 0.2) is 0 Å². The van der Waals surface area contributed by atoms with Gasteiger partial charge in [0.25, 0.3) is 0 Å². The molecule has 1 fully saturated rings. The molecule has 0 radical (unpaired) electrons. The molecule has 29 heavy (non-hydrogen) atoms. The first-order valence-electron chi connectivity index (χ1n) is 9.28. The molecule has 3 N–H and O–H groups in total. The van der Waals surface area contributed by atoms with E-state index in [0.717, 1.165) is 6.54 Å². The lowest BCUT2D eigenvalue weighted by molar-refractivity contribution is -0.147. The summed E-state index contributed by atoms with van der Waals surface area (Å²) in [7, 11) is -3.76. The zero-order valence-electron chi connectivity index (χ0n) is 16.0. The summed E-state index contributed by atoms with van der Waals surface area (Å²) in [5, 5.41) is 7.63. The van der Waals surface area contributed by atoms with Gasteiger partial charge in [-0.15, -0.1) is 0 Å². The van der Waals surface area contributed by atoms with Gasteiger partial charge in [-0.05, 0) is 23.3 Å². The molecule has 154 valence electrons. The zero-order chi connectivity index (χ0) is 20.9. The van der Waals surface area contributed by atoms with Crippen LogP contribution in [0.15, 0.2) is 59.5 Å². The van der Waals surface area contributed by atoms with Crippen LogP contribution in [0.2, 0.25) is 0 Å². The van der Waals surface area contributed by atoms with Crippen LogP contribution >= 0.6 is 0 Å². The van der Waals surface area contributed by atoms with E-state index in [0.29, 0.717) is 31.7 Å². The number of hydrogen-bond donors (Lipinski definition) is 2. The van der Waals surface area contributed by atoms with Gasteiger partial charge in [-0.2, -0.15) is 0 Å². The smallest absolute Gasteiger partial charge is 0.311 e. The first-order chi connectivity index (χ1) is 13.8. The van der Waals surface area contributed by atoms with Crippen molar-refractivity contribution in [3.05, 3.63) is 65.7 Å². The molecule has 9 heteroatoms. The van der Waals surface area contributed by atoms with Gasteiger partial charge in [-0.25, -0.2) is 13.6 Å². The highest BCUT2D eigenvalue weighted by Crippen LogP contribution is 2.10. The van der Waals surface area contributed by atoms with Crippen LogP contribution in [0.25, 0.3) is 0 Å². The molecule has 0 spiro atoms. The molecule has 0 saturated carbocycles. The Hall–Kier alpha value is -2.75. The lowest BCUT2D eigenvalue weighted by Crippen LogP contribution is -2.52. The van der Waals surface area contributed by atoms with Gasteiger partial charge in [0.05, 0.1) is 4.90 Å². The highest BCUT2D eigenvalue weighted by molar-refractivity contribution is 7.89. The fourth-order valence-corrected chi connectivity index (χ4v) is 3.66. The monoisotopic (exact) mass is 416 g/mol. The molecule has 0 unspecified atom stereocenters. The molecule has 3 rings (SSSR count). The fraction of sp³-hybridized carbons (Fsp3) is 0.300. The molecule has 2 amide bonds. The summed E-state index contributed by atoms with van der Waals surface area (Å²) in [5.74, 6) is -1.22. The Balaban J connectivity index is 1.45. The number of piperazine rings is 1. The van der Waals surface area contributed by atoms with E-state index in [-0.39, 0.29) is 11.4 Å². The molecule has 1 heterocycles. The van der Waals surface area contributed by atoms with Crippen molar-refractivity contribution in [1.29, 1.82) is 0 Å². The Morgan fingerprint density at radius 3 is 2.10 bits per heavy atom. The minimum Gasteiger partial charge on any atom is -0.344 e. The number of rotatable bonds is 5. The third kappa shape index (κ3) is 5.86. The third-order valence-electron chi connectivity index (χ3n) is 4.81. The summed E-state index contributed by atoms with van der Waals surface area (Å²) < 4.78 is 22.5. The topological polar surface area (TPSA) is 113 Å². The summed E-state index contributed by atoms with van der Waals surface area (Å²) in [6.45, 7) is 3.38. The summed E-state index contributed by atoms with van der Waals surface area (Å²) in [4.78, 5) is 28.4. The third-order valence-corrected chi connectivity index (χ3v) is 5.74. The van der Waals surface area contributed by atoms with Crippen LogP contribution in [0.5, 0.6) is 0 Å². The maximum Gasteiger partial charge on any atom is 0.311 e. The average Bonchev–Trinajstić information content (AvgIpc) is 2.72. The van der Waals surface area contributed by atoms with Crippen molar-refractivity contribution >= 4 is 21.8 Å². The van der Waals surface area contributed by atoms with E-state index in [9.17, 15) is 18.0 Å². The Labute approximate surface area is 170 Å². The van der Waals surface area contributed by atoms with E-state index in [2.05, 4.69) is 22.3 Å². The van der Waals surface area contributed by atoms with Crippen LogP contribution in [0, 0.1) is 0 Å². The van der Waals surface area contributed by atoms with Crippen molar-refractivity contribution < 1.29 is 18.0 Å². The van der Waals surface area contributed by atoms with Crippen LogP contribution in [-0.2, 0) is 32.7 Å². The molecule has 8 nitrogen and oxygen atoms in total. The summed E-state index contributed by atoms with van der Waals surface area (Å²) in [6, 6.07) is 16.0. The number of primary sulfonamides is 1. The second-order valence-corrected chi connectivity index (χ2v) is 8.49. The molecular formula is C20H24N4O4S. The van der Waals surface area contributed by atoms with Gasteiger partial charge in [-0.3, -0.25) is 14.5 Å². The van der Waals surface area contributed by atoms with E-state index < -0.39 is 21.8 Å². The number of carbonyl (C=O) groups is 2. The van der Waals surface area contributed by atoms with Gasteiger partial charge in [0.1, 0.15) is 0 Å². The van der Waals surface area contributed by atoms with E-state index in [4.69, 9.17) is 5.14 Å². The second-order valence-electron chi connectivity index (χ2n) is 6.93. The molecule has 0 bridgehead atoms. The van der Waals surface area contributed by atoms with E-state index in [1.165, 1.54) is 17.7 Å². The summed E-state index contributed by atoms with van der Waals surface area (Å²) in [6.07, 6.45) is 0. The Bertz CT molecular complexity index is 954. The number of amides is 2. The van der Waals surface area contributed by atoms with Crippen molar-refractivity contribution in [1.82, 2.24) is 15.1 Å². The van der Waals surface area contributed by atoms with Crippen molar-refractivity contribution in [3.8, 4) is 0 Å². The Morgan fingerprint density at radius 1 is 0.897 bits per heavy atom. The van der Waals surface area contributed by atoms with Crippen molar-refractivity contribution in [2.75, 3.05) is 26.2 Å². The number of benzene rings is 2. The molecule has 1 aliphatic heterocycles. The highest BCUT2D eigenvalue weighted by atomic mass is 32.2. The number of carbonyl (C=O) groups excluding carboxylic acids is 2. The standard InChI is InChI=1S/C20H24N4O4S/c21-29(27,28)18-8-6-16(7-9-18)14-22-19(25)20(26)24-12-10-23(11-13-24)15-17-4-2-1-3-5-17/h1-9H,10-15H2,(H,22,25)(H2,21,27,28). The molecule has 0 atom stereocenters. The first-order valence-corrected chi connectivity index (χ1v) is 10.8. The van der Waals surface area contributed by atoms with E-state index in [1.807, 2.05) is 18.2 Å². The fourth-order valence-electron chi connectivity index (χ4n) is 3.15. The Morgan fingerprint density at radius 2 is 1.52 bits per heavy atom. The minimum absolute atomic E-state index is 0.00275. The quantitative estimate of drug-likeness (QED) is 0.681. The van der Waals surface area contributed by atoms with Gasteiger partial charge < -0.3 is 10.2 Å². The molecule has 2 aromatic rings. The largest absolute Gasteiger partial charge is 0.344 e. The second kappa shape index (κ2) is 9.17. The molecule has 1 aliphatic rings. The first kappa shape index (κ1) is 21.0. The van der Waals surface area contributed by atoms with Gasteiger partial charge in [0, 0.05) is 39.3 Å². The van der Waals surface area contributed by atoms with Crippen LogP contribution in [0.3, 0.4) is 0 Å². The molecule has 0 aliphatic carbocycles. The maximum atomic E-state index is 12.4. The van der Waals surface area contributed by atoms with Gasteiger partial charge in [-0.1, -0.05) is 42.5 Å². The lowest BCUT2D eigenvalue weighted by atomic mass is 10.2. The van der Waals surface area contributed by atoms with Crippen LogP contribution in [0.4, 0.5) is 0 Å². The average molecular weight is 417 g/mol. The van der Waals surface area contributed by atoms with Gasteiger partial charge >= 0.3 is 11.8 Å². The predicted molar refractivity (Wildman–Crippen MR) is 108 cm³/mol. The number of nitrogens with zero attached hydrogens (tertiary/aromatic N) is 2. The highest BCUT2D eigenvalue weighted by Gasteiger charge is 2.25. The lowest BCUT2D eigenvalue weighted by Gasteiger charge is -2.34. The SMILES string of the molecule is NS(=O)(=O)c1ccc(CNC(=O)C(=O)N2CCN(Cc3ccccc3)CC2)cc1. The van der Waals surface area contributed by atoms with Crippen molar-refractivity contribution in [2.45, 2.75) is 18.0 Å². The van der Waals surface area contributed by atoms with E-state index in [1.54, 1.807) is 17.0 Å². The summed E-state index contributed by atoms with van der Waals surface area (Å²) in [5.41, 5.74) is 1.89. The molecule has 0 aromatic heterocycles. The molecule has 1 saturated heterocycles. The molecule has 2 aromatic carbocycles. The van der Waals surface area contributed by atoms with Crippen LogP contribution in [0.1, 0.15) is 11.1 Å². The number of nitrogens with one attached hydrogen (secondary N) is 1. The van der Waals surface area contributed by atoms with Crippen molar-refractivity contribution in [2.24, 2.45) is 5.14 Å². The summed E-state index contributed by atoms with van der Waals surface area (Å²) >= 11 is 0. The minimum atomic E-state index is -3.76. The van der Waals surface area contributed by atoms with Crippen LogP contribution in [-0.4, -0.2) is 56.2 Å². The van der Waals surface area contributed by atoms with E-state index >= 15 is 0 Å². The van der Waals surface area contributed by atoms with Crippen molar-refractivity contribution in [3.63, 3.8) is 0 Å². The molecular weight excluding hydrogens is 392 g/mol. The predicted octanol–water partition coefficient (Wildman–Crippen LogP) is 0.295.